The molecule has 5 nitrogen and oxygen atoms in total. The Bertz CT molecular complexity index is 451. The SMILES string of the molecule is COCCNC(=O)CN(C(C)=O)c1ccccc1Br. The van der Waals surface area contributed by atoms with Crippen LogP contribution >= 0.6 is 15.9 Å². The Morgan fingerprint density at radius 1 is 1.37 bits per heavy atom. The quantitative estimate of drug-likeness (QED) is 0.806. The molecule has 2 amide bonds. The van der Waals surface area contributed by atoms with Crippen LogP contribution in [0.1, 0.15) is 6.92 Å². The molecule has 0 aliphatic carbocycles. The Morgan fingerprint density at radius 2 is 2.05 bits per heavy atom. The smallest absolute Gasteiger partial charge is 0.240 e. The average Bonchev–Trinajstić information content (AvgIpc) is 2.37. The van der Waals surface area contributed by atoms with E-state index in [1.165, 1.54) is 11.8 Å². The molecule has 0 aliphatic rings. The summed E-state index contributed by atoms with van der Waals surface area (Å²) in [5.74, 6) is -0.406. The van der Waals surface area contributed by atoms with Gasteiger partial charge in [-0.15, -0.1) is 0 Å². The third-order valence-electron chi connectivity index (χ3n) is 2.45. The highest BCUT2D eigenvalue weighted by Gasteiger charge is 2.17. The molecule has 0 fully saturated rings. The van der Waals surface area contributed by atoms with E-state index in [1.807, 2.05) is 18.2 Å². The van der Waals surface area contributed by atoms with Crippen LogP contribution in [0.25, 0.3) is 0 Å². The van der Waals surface area contributed by atoms with Crippen molar-refractivity contribution in [3.8, 4) is 0 Å². The number of para-hydroxylation sites is 1. The third kappa shape index (κ3) is 5.00. The van der Waals surface area contributed by atoms with E-state index in [-0.39, 0.29) is 18.4 Å². The van der Waals surface area contributed by atoms with Crippen LogP contribution in [0.3, 0.4) is 0 Å². The van der Waals surface area contributed by atoms with Gasteiger partial charge < -0.3 is 15.0 Å². The van der Waals surface area contributed by atoms with E-state index in [9.17, 15) is 9.59 Å². The molecule has 0 unspecified atom stereocenters. The molecule has 0 heterocycles. The van der Waals surface area contributed by atoms with E-state index in [2.05, 4.69) is 21.2 Å². The zero-order valence-corrected chi connectivity index (χ0v) is 12.6. The number of nitrogens with zero attached hydrogens (tertiary/aromatic N) is 1. The van der Waals surface area contributed by atoms with Crippen molar-refractivity contribution < 1.29 is 14.3 Å². The summed E-state index contributed by atoms with van der Waals surface area (Å²) in [7, 11) is 1.56. The molecule has 0 spiro atoms. The average molecular weight is 329 g/mol. The molecule has 104 valence electrons. The molecule has 0 aromatic heterocycles. The van der Waals surface area contributed by atoms with Gasteiger partial charge in [-0.2, -0.15) is 0 Å². The van der Waals surface area contributed by atoms with E-state index in [0.29, 0.717) is 18.8 Å². The molecular formula is C13H17BrN2O3. The molecule has 0 aliphatic heterocycles. The lowest BCUT2D eigenvalue weighted by molar-refractivity contribution is -0.123. The molecule has 6 heteroatoms. The number of nitrogens with one attached hydrogen (secondary N) is 1. The Morgan fingerprint density at radius 3 is 2.63 bits per heavy atom. The Kier molecular flexibility index (Phi) is 6.52. The van der Waals surface area contributed by atoms with Crippen LogP contribution in [-0.2, 0) is 14.3 Å². The number of hydrogen-bond donors (Lipinski definition) is 1. The summed E-state index contributed by atoms with van der Waals surface area (Å²) in [6, 6.07) is 7.28. The van der Waals surface area contributed by atoms with Crippen molar-refractivity contribution in [3.05, 3.63) is 28.7 Å². The summed E-state index contributed by atoms with van der Waals surface area (Å²) in [5.41, 5.74) is 0.678. The van der Waals surface area contributed by atoms with Gasteiger partial charge in [0.1, 0.15) is 6.54 Å². The maximum atomic E-state index is 11.7. The summed E-state index contributed by atoms with van der Waals surface area (Å²) < 4.78 is 5.62. The summed E-state index contributed by atoms with van der Waals surface area (Å²) in [4.78, 5) is 24.8. The normalized spacial score (nSPS) is 10.1. The predicted molar refractivity (Wildman–Crippen MR) is 77.1 cm³/mol. The molecule has 0 saturated heterocycles. The number of amides is 2. The predicted octanol–water partition coefficient (Wildman–Crippen LogP) is 1.56. The largest absolute Gasteiger partial charge is 0.383 e. The van der Waals surface area contributed by atoms with Crippen molar-refractivity contribution in [1.82, 2.24) is 5.32 Å². The van der Waals surface area contributed by atoms with E-state index < -0.39 is 0 Å². The van der Waals surface area contributed by atoms with Gasteiger partial charge in [0.05, 0.1) is 12.3 Å². The van der Waals surface area contributed by atoms with E-state index >= 15 is 0 Å². The number of benzene rings is 1. The molecule has 1 rings (SSSR count). The van der Waals surface area contributed by atoms with Crippen molar-refractivity contribution in [2.75, 3.05) is 31.7 Å². The molecular weight excluding hydrogens is 312 g/mol. The monoisotopic (exact) mass is 328 g/mol. The number of anilines is 1. The number of carbonyl (C=O) groups is 2. The van der Waals surface area contributed by atoms with E-state index in [0.717, 1.165) is 4.47 Å². The zero-order chi connectivity index (χ0) is 14.3. The molecule has 19 heavy (non-hydrogen) atoms. The first-order valence-electron chi connectivity index (χ1n) is 5.84. The first-order valence-corrected chi connectivity index (χ1v) is 6.64. The maximum absolute atomic E-state index is 11.7. The molecule has 0 bridgehead atoms. The Balaban J connectivity index is 2.72. The number of halogens is 1. The second-order valence-corrected chi connectivity index (χ2v) is 4.75. The fourth-order valence-corrected chi connectivity index (χ4v) is 2.03. The van der Waals surface area contributed by atoms with Crippen LogP contribution in [-0.4, -0.2) is 38.6 Å². The van der Waals surface area contributed by atoms with Gasteiger partial charge in [-0.3, -0.25) is 9.59 Å². The lowest BCUT2D eigenvalue weighted by Crippen LogP contribution is -2.40. The van der Waals surface area contributed by atoms with Crippen LogP contribution < -0.4 is 10.2 Å². The molecule has 1 aromatic carbocycles. The molecule has 1 N–H and O–H groups in total. The first-order chi connectivity index (χ1) is 9.06. The lowest BCUT2D eigenvalue weighted by atomic mass is 10.3. The number of rotatable bonds is 6. The third-order valence-corrected chi connectivity index (χ3v) is 3.12. The number of methoxy groups -OCH3 is 1. The Hall–Kier alpha value is -1.40. The van der Waals surface area contributed by atoms with E-state index in [1.54, 1.807) is 13.2 Å². The van der Waals surface area contributed by atoms with Gasteiger partial charge in [-0.1, -0.05) is 12.1 Å². The Labute approximate surface area is 121 Å². The minimum Gasteiger partial charge on any atom is -0.383 e. The summed E-state index contributed by atoms with van der Waals surface area (Å²) in [6.07, 6.45) is 0. The standard InChI is InChI=1S/C13H17BrN2O3/c1-10(17)16(9-13(18)15-7-8-19-2)12-6-4-3-5-11(12)14/h3-6H,7-9H2,1-2H3,(H,15,18). The van der Waals surface area contributed by atoms with Gasteiger partial charge in [-0.05, 0) is 28.1 Å². The van der Waals surface area contributed by atoms with Crippen molar-refractivity contribution in [3.63, 3.8) is 0 Å². The van der Waals surface area contributed by atoms with Gasteiger partial charge in [0.25, 0.3) is 0 Å². The second kappa shape index (κ2) is 7.91. The topological polar surface area (TPSA) is 58.6 Å². The minimum absolute atomic E-state index is 0.0122. The van der Waals surface area contributed by atoms with E-state index in [4.69, 9.17) is 4.74 Å². The van der Waals surface area contributed by atoms with Crippen LogP contribution in [0.2, 0.25) is 0 Å². The van der Waals surface area contributed by atoms with Crippen molar-refractivity contribution in [1.29, 1.82) is 0 Å². The summed E-state index contributed by atoms with van der Waals surface area (Å²) in [6.45, 7) is 2.29. The van der Waals surface area contributed by atoms with Crippen molar-refractivity contribution in [2.24, 2.45) is 0 Å². The van der Waals surface area contributed by atoms with Crippen LogP contribution in [0.5, 0.6) is 0 Å². The highest BCUT2D eigenvalue weighted by atomic mass is 79.9. The van der Waals surface area contributed by atoms with Crippen LogP contribution in [0.4, 0.5) is 5.69 Å². The van der Waals surface area contributed by atoms with Crippen molar-refractivity contribution in [2.45, 2.75) is 6.92 Å². The molecule has 0 radical (unpaired) electrons. The van der Waals surface area contributed by atoms with Crippen LogP contribution in [0.15, 0.2) is 28.7 Å². The van der Waals surface area contributed by atoms with Gasteiger partial charge in [-0.25, -0.2) is 0 Å². The highest BCUT2D eigenvalue weighted by molar-refractivity contribution is 9.10. The highest BCUT2D eigenvalue weighted by Crippen LogP contribution is 2.25. The van der Waals surface area contributed by atoms with Gasteiger partial charge >= 0.3 is 0 Å². The van der Waals surface area contributed by atoms with Gasteiger partial charge in [0, 0.05) is 25.1 Å². The first kappa shape index (κ1) is 15.7. The fraction of sp³-hybridized carbons (Fsp3) is 0.385. The van der Waals surface area contributed by atoms with Gasteiger partial charge in [0.15, 0.2) is 0 Å². The summed E-state index contributed by atoms with van der Waals surface area (Å²) >= 11 is 3.37. The minimum atomic E-state index is -0.219. The number of carbonyl (C=O) groups excluding carboxylic acids is 2. The van der Waals surface area contributed by atoms with Crippen molar-refractivity contribution >= 4 is 33.4 Å². The second-order valence-electron chi connectivity index (χ2n) is 3.90. The fourth-order valence-electron chi connectivity index (χ4n) is 1.53. The lowest BCUT2D eigenvalue weighted by Gasteiger charge is -2.21. The summed E-state index contributed by atoms with van der Waals surface area (Å²) in [5, 5.41) is 2.69. The molecule has 0 atom stereocenters. The van der Waals surface area contributed by atoms with Gasteiger partial charge in [0.2, 0.25) is 11.8 Å². The maximum Gasteiger partial charge on any atom is 0.240 e. The number of hydrogen-bond acceptors (Lipinski definition) is 3. The molecule has 0 saturated carbocycles. The number of ether oxygens (including phenoxy) is 1. The zero-order valence-electron chi connectivity index (χ0n) is 11.0. The van der Waals surface area contributed by atoms with Crippen LogP contribution in [0, 0.1) is 0 Å². The molecule has 1 aromatic rings.